The van der Waals surface area contributed by atoms with Gasteiger partial charge in [-0.1, -0.05) is 12.1 Å². The molecule has 1 atom stereocenters. The van der Waals surface area contributed by atoms with Gasteiger partial charge < -0.3 is 15.0 Å². The van der Waals surface area contributed by atoms with Crippen LogP contribution in [0.25, 0.3) is 0 Å². The van der Waals surface area contributed by atoms with Crippen LogP contribution in [0.4, 0.5) is 10.5 Å². The molecule has 114 valence electrons. The smallest absolute Gasteiger partial charge is 0.409 e. The summed E-state index contributed by atoms with van der Waals surface area (Å²) in [5.74, 6) is -0.258. The van der Waals surface area contributed by atoms with Gasteiger partial charge in [-0.3, -0.25) is 4.79 Å². The van der Waals surface area contributed by atoms with Gasteiger partial charge in [-0.25, -0.2) is 4.79 Å². The molecule has 1 aliphatic rings. The molecule has 0 aliphatic carbocycles. The first-order chi connectivity index (χ1) is 10.1. The first-order valence-corrected chi connectivity index (χ1v) is 7.88. The molecule has 21 heavy (non-hydrogen) atoms. The maximum Gasteiger partial charge on any atom is 0.409 e. The molecule has 1 saturated heterocycles. The van der Waals surface area contributed by atoms with Crippen LogP contribution < -0.4 is 5.32 Å². The molecule has 1 unspecified atom stereocenters. The topological polar surface area (TPSA) is 58.6 Å². The molecule has 0 aromatic heterocycles. The minimum Gasteiger partial charge on any atom is -0.450 e. The molecule has 1 N–H and O–H groups in total. The lowest BCUT2D eigenvalue weighted by atomic mass is 9.97. The van der Waals surface area contributed by atoms with E-state index in [2.05, 4.69) is 21.2 Å². The SMILES string of the molecule is CCOC(=O)N1CCCC(C(=O)Nc2ccccc2Br)C1. The Morgan fingerprint density at radius 3 is 2.90 bits per heavy atom. The Hall–Kier alpha value is -1.56. The number of carbonyl (C=O) groups is 2. The Labute approximate surface area is 132 Å². The second-order valence-corrected chi connectivity index (χ2v) is 5.81. The maximum absolute atomic E-state index is 12.3. The molecule has 1 aromatic rings. The molecule has 2 rings (SSSR count). The number of carbonyl (C=O) groups excluding carboxylic acids is 2. The van der Waals surface area contributed by atoms with Crippen LogP contribution >= 0.6 is 15.9 Å². The summed E-state index contributed by atoms with van der Waals surface area (Å²) in [4.78, 5) is 25.7. The summed E-state index contributed by atoms with van der Waals surface area (Å²) in [5, 5.41) is 2.91. The largest absolute Gasteiger partial charge is 0.450 e. The van der Waals surface area contributed by atoms with E-state index in [1.807, 2.05) is 24.3 Å². The van der Waals surface area contributed by atoms with Crippen molar-refractivity contribution < 1.29 is 14.3 Å². The quantitative estimate of drug-likeness (QED) is 0.906. The Morgan fingerprint density at radius 1 is 1.43 bits per heavy atom. The molecule has 6 heteroatoms. The summed E-state index contributed by atoms with van der Waals surface area (Å²) >= 11 is 3.41. The predicted octanol–water partition coefficient (Wildman–Crippen LogP) is 3.26. The van der Waals surface area contributed by atoms with Crippen LogP contribution in [0.1, 0.15) is 19.8 Å². The van der Waals surface area contributed by atoms with Gasteiger partial charge in [0, 0.05) is 17.6 Å². The number of amides is 2. The number of likely N-dealkylation sites (tertiary alicyclic amines) is 1. The molecule has 2 amide bonds. The minimum atomic E-state index is -0.337. The molecule has 0 radical (unpaired) electrons. The van der Waals surface area contributed by atoms with Crippen LogP contribution in [0.15, 0.2) is 28.7 Å². The third-order valence-corrected chi connectivity index (χ3v) is 4.14. The minimum absolute atomic E-state index is 0.0594. The Balaban J connectivity index is 1.96. The first kappa shape index (κ1) is 15.8. The summed E-state index contributed by atoms with van der Waals surface area (Å²) in [7, 11) is 0. The van der Waals surface area contributed by atoms with Crippen molar-refractivity contribution in [1.82, 2.24) is 4.90 Å². The Morgan fingerprint density at radius 2 is 2.19 bits per heavy atom. The van der Waals surface area contributed by atoms with Crippen molar-refractivity contribution in [3.8, 4) is 0 Å². The van der Waals surface area contributed by atoms with Gasteiger partial charge in [-0.05, 0) is 47.8 Å². The number of hydrogen-bond donors (Lipinski definition) is 1. The summed E-state index contributed by atoms with van der Waals surface area (Å²) < 4.78 is 5.84. The van der Waals surface area contributed by atoms with Crippen LogP contribution in [0, 0.1) is 5.92 Å². The molecule has 1 fully saturated rings. The number of anilines is 1. The molecule has 0 saturated carbocycles. The Bertz CT molecular complexity index is 521. The van der Waals surface area contributed by atoms with Crippen LogP contribution in [-0.4, -0.2) is 36.6 Å². The molecule has 0 bridgehead atoms. The fourth-order valence-corrected chi connectivity index (χ4v) is 2.75. The zero-order chi connectivity index (χ0) is 15.2. The van der Waals surface area contributed by atoms with Crippen molar-refractivity contribution in [2.24, 2.45) is 5.92 Å². The zero-order valence-electron chi connectivity index (χ0n) is 12.0. The second kappa shape index (κ2) is 7.45. The summed E-state index contributed by atoms with van der Waals surface area (Å²) in [6, 6.07) is 7.48. The number of hydrogen-bond acceptors (Lipinski definition) is 3. The van der Waals surface area contributed by atoms with Crippen molar-refractivity contribution in [1.29, 1.82) is 0 Å². The normalized spacial score (nSPS) is 18.2. The van der Waals surface area contributed by atoms with Gasteiger partial charge in [0.15, 0.2) is 0 Å². The van der Waals surface area contributed by atoms with Crippen LogP contribution in [0.2, 0.25) is 0 Å². The molecule has 1 aromatic carbocycles. The highest BCUT2D eigenvalue weighted by atomic mass is 79.9. The van der Waals surface area contributed by atoms with E-state index in [-0.39, 0.29) is 17.9 Å². The van der Waals surface area contributed by atoms with E-state index in [9.17, 15) is 9.59 Å². The summed E-state index contributed by atoms with van der Waals surface area (Å²) in [6.07, 6.45) is 1.26. The highest BCUT2D eigenvalue weighted by Crippen LogP contribution is 2.24. The van der Waals surface area contributed by atoms with E-state index in [1.54, 1.807) is 11.8 Å². The molecule has 1 aliphatic heterocycles. The average Bonchev–Trinajstić information content (AvgIpc) is 2.50. The standard InChI is InChI=1S/C15H19BrN2O3/c1-2-21-15(20)18-9-5-6-11(10-18)14(19)17-13-8-4-3-7-12(13)16/h3-4,7-8,11H,2,5-6,9-10H2,1H3,(H,17,19). The van der Waals surface area contributed by atoms with Crippen molar-refractivity contribution >= 4 is 33.6 Å². The summed E-state index contributed by atoms with van der Waals surface area (Å²) in [6.45, 7) is 3.19. The second-order valence-electron chi connectivity index (χ2n) is 4.95. The maximum atomic E-state index is 12.3. The van der Waals surface area contributed by atoms with Gasteiger partial charge in [0.1, 0.15) is 0 Å². The van der Waals surface area contributed by atoms with E-state index in [0.717, 1.165) is 23.0 Å². The number of para-hydroxylation sites is 1. The van der Waals surface area contributed by atoms with E-state index in [4.69, 9.17) is 4.74 Å². The monoisotopic (exact) mass is 354 g/mol. The molecular formula is C15H19BrN2O3. The van der Waals surface area contributed by atoms with Gasteiger partial charge in [-0.2, -0.15) is 0 Å². The first-order valence-electron chi connectivity index (χ1n) is 7.09. The van der Waals surface area contributed by atoms with Gasteiger partial charge in [0.2, 0.25) is 5.91 Å². The number of piperidine rings is 1. The fourth-order valence-electron chi connectivity index (χ4n) is 2.37. The highest BCUT2D eigenvalue weighted by molar-refractivity contribution is 9.10. The lowest BCUT2D eigenvalue weighted by Gasteiger charge is -2.31. The van der Waals surface area contributed by atoms with E-state index in [1.165, 1.54) is 0 Å². The number of ether oxygens (including phenoxy) is 1. The van der Waals surface area contributed by atoms with E-state index in [0.29, 0.717) is 19.7 Å². The third-order valence-electron chi connectivity index (χ3n) is 3.45. The molecule has 1 heterocycles. The molecular weight excluding hydrogens is 336 g/mol. The van der Waals surface area contributed by atoms with Crippen LogP contribution in [0.3, 0.4) is 0 Å². The van der Waals surface area contributed by atoms with Crippen molar-refractivity contribution in [3.63, 3.8) is 0 Å². The van der Waals surface area contributed by atoms with Crippen molar-refractivity contribution in [2.45, 2.75) is 19.8 Å². The highest BCUT2D eigenvalue weighted by Gasteiger charge is 2.29. The van der Waals surface area contributed by atoms with E-state index >= 15 is 0 Å². The van der Waals surface area contributed by atoms with Crippen molar-refractivity contribution in [2.75, 3.05) is 25.0 Å². The van der Waals surface area contributed by atoms with Gasteiger partial charge >= 0.3 is 6.09 Å². The molecule has 5 nitrogen and oxygen atoms in total. The zero-order valence-corrected chi connectivity index (χ0v) is 13.6. The lowest BCUT2D eigenvalue weighted by Crippen LogP contribution is -2.44. The van der Waals surface area contributed by atoms with E-state index < -0.39 is 0 Å². The third kappa shape index (κ3) is 4.20. The average molecular weight is 355 g/mol. The van der Waals surface area contributed by atoms with Gasteiger partial charge in [-0.15, -0.1) is 0 Å². The molecule has 0 spiro atoms. The Kier molecular flexibility index (Phi) is 5.61. The lowest BCUT2D eigenvalue weighted by molar-refractivity contribution is -0.121. The van der Waals surface area contributed by atoms with Gasteiger partial charge in [0.25, 0.3) is 0 Å². The number of nitrogens with one attached hydrogen (secondary N) is 1. The van der Waals surface area contributed by atoms with Crippen molar-refractivity contribution in [3.05, 3.63) is 28.7 Å². The predicted molar refractivity (Wildman–Crippen MR) is 84.1 cm³/mol. The van der Waals surface area contributed by atoms with Crippen LogP contribution in [-0.2, 0) is 9.53 Å². The number of nitrogens with zero attached hydrogens (tertiary/aromatic N) is 1. The van der Waals surface area contributed by atoms with Crippen LogP contribution in [0.5, 0.6) is 0 Å². The fraction of sp³-hybridized carbons (Fsp3) is 0.467. The number of rotatable bonds is 3. The van der Waals surface area contributed by atoms with Gasteiger partial charge in [0.05, 0.1) is 18.2 Å². The number of benzene rings is 1. The summed E-state index contributed by atoms with van der Waals surface area (Å²) in [5.41, 5.74) is 0.746. The number of halogens is 1.